The zero-order valence-electron chi connectivity index (χ0n) is 17.1. The SMILES string of the molecule is [2H]C([2H])([2H])n1ccc2cc(-c3c(-c4cccc(C)n4)nc4ncccn34)ccc21. The molecule has 0 bridgehead atoms. The third-order valence-corrected chi connectivity index (χ3v) is 4.50. The van der Waals surface area contributed by atoms with Crippen LogP contribution in [0, 0.1) is 6.92 Å². The number of nitrogens with zero attached hydrogens (tertiary/aromatic N) is 5. The Kier molecular flexibility index (Phi) is 2.54. The highest BCUT2D eigenvalue weighted by molar-refractivity contribution is 5.88. The van der Waals surface area contributed by atoms with Gasteiger partial charge in [-0.3, -0.25) is 9.38 Å². The Morgan fingerprint density at radius 1 is 1.00 bits per heavy atom. The number of pyridine rings is 1. The van der Waals surface area contributed by atoms with E-state index < -0.39 is 6.98 Å². The lowest BCUT2D eigenvalue weighted by Crippen LogP contribution is -1.92. The molecule has 0 amide bonds. The van der Waals surface area contributed by atoms with Crippen LogP contribution in [0.4, 0.5) is 0 Å². The van der Waals surface area contributed by atoms with Gasteiger partial charge in [0.05, 0.1) is 11.4 Å². The van der Waals surface area contributed by atoms with E-state index in [0.29, 0.717) is 11.3 Å². The molecule has 0 spiro atoms. The zero-order valence-corrected chi connectivity index (χ0v) is 14.1. The minimum Gasteiger partial charge on any atom is -0.351 e. The fourth-order valence-electron chi connectivity index (χ4n) is 3.31. The summed E-state index contributed by atoms with van der Waals surface area (Å²) in [5.74, 6) is 0.584. The van der Waals surface area contributed by atoms with E-state index in [0.717, 1.165) is 33.7 Å². The molecule has 5 heteroatoms. The molecule has 4 aromatic heterocycles. The summed E-state index contributed by atoms with van der Waals surface area (Å²) in [6.45, 7) is -0.270. The van der Waals surface area contributed by atoms with Gasteiger partial charge in [0.1, 0.15) is 5.69 Å². The van der Waals surface area contributed by atoms with Crippen molar-refractivity contribution in [3.63, 3.8) is 0 Å². The van der Waals surface area contributed by atoms with Crippen LogP contribution in [0.1, 0.15) is 9.81 Å². The zero-order chi connectivity index (χ0) is 20.2. The van der Waals surface area contributed by atoms with E-state index in [4.69, 9.17) is 9.10 Å². The fraction of sp³-hybridized carbons (Fsp3) is 0.0952. The molecule has 5 rings (SSSR count). The highest BCUT2D eigenvalue weighted by Gasteiger charge is 2.18. The highest BCUT2D eigenvalue weighted by atomic mass is 15.1. The molecule has 0 fully saturated rings. The van der Waals surface area contributed by atoms with Gasteiger partial charge in [-0.25, -0.2) is 9.97 Å². The van der Waals surface area contributed by atoms with Gasteiger partial charge in [0, 0.05) is 51.8 Å². The van der Waals surface area contributed by atoms with Crippen LogP contribution in [0.3, 0.4) is 0 Å². The van der Waals surface area contributed by atoms with Crippen molar-refractivity contribution in [3.05, 3.63) is 72.8 Å². The molecule has 5 aromatic rings. The third kappa shape index (κ3) is 2.21. The fourth-order valence-corrected chi connectivity index (χ4v) is 3.31. The van der Waals surface area contributed by atoms with Crippen LogP contribution in [0.5, 0.6) is 0 Å². The average molecular weight is 342 g/mol. The number of aromatic nitrogens is 5. The Balaban J connectivity index is 1.77. The van der Waals surface area contributed by atoms with Gasteiger partial charge in [-0.2, -0.15) is 0 Å². The molecule has 0 atom stereocenters. The summed E-state index contributed by atoms with van der Waals surface area (Å²) in [6, 6.07) is 15.2. The lowest BCUT2D eigenvalue weighted by atomic mass is 10.1. The van der Waals surface area contributed by atoms with Crippen molar-refractivity contribution >= 4 is 16.7 Å². The van der Waals surface area contributed by atoms with Crippen molar-refractivity contribution in [2.24, 2.45) is 6.98 Å². The average Bonchev–Trinajstić information content (AvgIpc) is 3.28. The van der Waals surface area contributed by atoms with Crippen LogP contribution in [0.25, 0.3) is 39.3 Å². The summed E-state index contributed by atoms with van der Waals surface area (Å²) in [6.07, 6.45) is 5.22. The molecule has 1 aromatic carbocycles. The molecular formula is C21H17N5. The maximum Gasteiger partial charge on any atom is 0.234 e. The Labute approximate surface area is 154 Å². The minimum atomic E-state index is -2.22. The van der Waals surface area contributed by atoms with E-state index in [2.05, 4.69) is 9.97 Å². The standard InChI is InChI=1S/C21H17N5/c1-14-5-3-6-17(23-14)19-20(26-11-4-10-22-21(26)24-19)16-7-8-18-15(13-16)9-12-25(18)2/h3-13H,1-2H3/i2D3. The molecule has 0 aliphatic rings. The van der Waals surface area contributed by atoms with Crippen LogP contribution < -0.4 is 0 Å². The molecular weight excluding hydrogens is 322 g/mol. The van der Waals surface area contributed by atoms with Crippen LogP contribution >= 0.6 is 0 Å². The van der Waals surface area contributed by atoms with Gasteiger partial charge >= 0.3 is 0 Å². The number of benzene rings is 1. The van der Waals surface area contributed by atoms with E-state index in [9.17, 15) is 0 Å². The first kappa shape index (κ1) is 12.0. The number of aryl methyl sites for hydroxylation is 2. The predicted octanol–water partition coefficient (Wildman–Crippen LogP) is 4.26. The molecule has 126 valence electrons. The number of hydrogen-bond acceptors (Lipinski definition) is 3. The summed E-state index contributed by atoms with van der Waals surface area (Å²) < 4.78 is 26.4. The quantitative estimate of drug-likeness (QED) is 0.482. The molecule has 0 unspecified atom stereocenters. The number of rotatable bonds is 2. The van der Waals surface area contributed by atoms with Gasteiger partial charge in [0.2, 0.25) is 5.78 Å². The summed E-state index contributed by atoms with van der Waals surface area (Å²) in [4.78, 5) is 13.7. The van der Waals surface area contributed by atoms with Crippen molar-refractivity contribution in [1.82, 2.24) is 23.9 Å². The lowest BCUT2D eigenvalue weighted by molar-refractivity contribution is 0.969. The van der Waals surface area contributed by atoms with Crippen LogP contribution in [0.15, 0.2) is 67.1 Å². The smallest absolute Gasteiger partial charge is 0.234 e. The molecule has 0 saturated heterocycles. The second-order valence-electron chi connectivity index (χ2n) is 6.22. The molecule has 26 heavy (non-hydrogen) atoms. The first-order valence-corrected chi connectivity index (χ1v) is 8.31. The number of imidazole rings is 1. The minimum absolute atomic E-state index is 0.584. The predicted molar refractivity (Wildman–Crippen MR) is 103 cm³/mol. The van der Waals surface area contributed by atoms with Crippen molar-refractivity contribution < 1.29 is 4.11 Å². The monoisotopic (exact) mass is 342 g/mol. The molecule has 0 saturated carbocycles. The van der Waals surface area contributed by atoms with Crippen molar-refractivity contribution in [2.75, 3.05) is 0 Å². The van der Waals surface area contributed by atoms with Gasteiger partial charge in [0.15, 0.2) is 0 Å². The Bertz CT molecular complexity index is 1360. The summed E-state index contributed by atoms with van der Waals surface area (Å²) in [5.41, 5.74) is 4.86. The Morgan fingerprint density at radius 3 is 2.85 bits per heavy atom. The largest absolute Gasteiger partial charge is 0.351 e. The van der Waals surface area contributed by atoms with E-state index in [1.807, 2.05) is 66.1 Å². The number of hydrogen-bond donors (Lipinski definition) is 0. The van der Waals surface area contributed by atoms with Gasteiger partial charge < -0.3 is 4.57 Å². The maximum atomic E-state index is 7.70. The molecule has 0 radical (unpaired) electrons. The van der Waals surface area contributed by atoms with Crippen LogP contribution in [0.2, 0.25) is 0 Å². The summed E-state index contributed by atoms with van der Waals surface area (Å²) in [7, 11) is 0. The lowest BCUT2D eigenvalue weighted by Gasteiger charge is -2.07. The van der Waals surface area contributed by atoms with Crippen molar-refractivity contribution in [1.29, 1.82) is 0 Å². The van der Waals surface area contributed by atoms with E-state index in [-0.39, 0.29) is 0 Å². The van der Waals surface area contributed by atoms with Gasteiger partial charge in [0.25, 0.3) is 0 Å². The molecule has 0 aliphatic heterocycles. The van der Waals surface area contributed by atoms with Gasteiger partial charge in [-0.05, 0) is 43.3 Å². The van der Waals surface area contributed by atoms with Gasteiger partial charge in [-0.1, -0.05) is 12.1 Å². The molecule has 0 N–H and O–H groups in total. The normalized spacial score (nSPS) is 13.7. The number of fused-ring (bicyclic) bond motifs is 2. The Morgan fingerprint density at radius 2 is 1.96 bits per heavy atom. The van der Waals surface area contributed by atoms with Crippen molar-refractivity contribution in [3.8, 4) is 22.6 Å². The molecule has 5 nitrogen and oxygen atoms in total. The summed E-state index contributed by atoms with van der Waals surface area (Å²) in [5, 5.41) is 0.848. The summed E-state index contributed by atoms with van der Waals surface area (Å²) >= 11 is 0. The van der Waals surface area contributed by atoms with E-state index in [1.165, 1.54) is 4.57 Å². The maximum absolute atomic E-state index is 7.70. The van der Waals surface area contributed by atoms with Crippen LogP contribution in [-0.4, -0.2) is 23.9 Å². The molecule has 4 heterocycles. The van der Waals surface area contributed by atoms with E-state index >= 15 is 0 Å². The van der Waals surface area contributed by atoms with E-state index in [1.54, 1.807) is 12.4 Å². The van der Waals surface area contributed by atoms with Gasteiger partial charge in [-0.15, -0.1) is 0 Å². The third-order valence-electron chi connectivity index (χ3n) is 4.50. The first-order valence-electron chi connectivity index (χ1n) is 9.81. The second-order valence-corrected chi connectivity index (χ2v) is 6.22. The van der Waals surface area contributed by atoms with Crippen LogP contribution in [-0.2, 0) is 6.98 Å². The topological polar surface area (TPSA) is 48.0 Å². The molecule has 0 aliphatic carbocycles. The highest BCUT2D eigenvalue weighted by Crippen LogP contribution is 2.33. The van der Waals surface area contributed by atoms with Crippen molar-refractivity contribution in [2.45, 2.75) is 6.92 Å². The second kappa shape index (κ2) is 5.52. The first-order chi connectivity index (χ1) is 13.9. The Hall–Kier alpha value is -3.47.